The minimum atomic E-state index is -0.0717. The molecule has 0 aliphatic heterocycles. The number of nitrogen functional groups attached to an aromatic ring is 1. The van der Waals surface area contributed by atoms with E-state index in [1.165, 1.54) is 12.8 Å². The molecule has 3 N–H and O–H groups in total. The van der Waals surface area contributed by atoms with Gasteiger partial charge in [0.05, 0.1) is 0 Å². The Kier molecular flexibility index (Phi) is 4.80. The minimum absolute atomic E-state index is 0.0717. The molecule has 4 heteroatoms. The summed E-state index contributed by atoms with van der Waals surface area (Å²) in [7, 11) is 0. The molecule has 0 heterocycles. The highest BCUT2D eigenvalue weighted by Gasteiger charge is 2.20. The molecule has 0 aromatic heterocycles. The number of carbonyl (C=O) groups excluding carboxylic acids is 1. The number of benzene rings is 1. The fourth-order valence-electron chi connectivity index (χ4n) is 1.96. The number of hydrogen-bond donors (Lipinski definition) is 2. The van der Waals surface area contributed by atoms with Crippen molar-refractivity contribution in [3.05, 3.63) is 29.3 Å². The topological polar surface area (TPSA) is 64.4 Å². The van der Waals surface area contributed by atoms with Gasteiger partial charge in [0.25, 0.3) is 5.91 Å². The van der Waals surface area contributed by atoms with E-state index in [2.05, 4.69) is 5.32 Å². The van der Waals surface area contributed by atoms with Gasteiger partial charge in [-0.15, -0.1) is 0 Å². The van der Waals surface area contributed by atoms with Crippen LogP contribution in [0.4, 0.5) is 5.69 Å². The molecule has 1 aliphatic carbocycles. The van der Waals surface area contributed by atoms with Gasteiger partial charge < -0.3 is 15.8 Å². The Bertz CT molecular complexity index is 422. The Morgan fingerprint density at radius 2 is 2.21 bits per heavy atom. The number of carbonyl (C=O) groups is 1. The lowest BCUT2D eigenvalue weighted by atomic mass is 10.1. The number of aryl methyl sites for hydroxylation is 1. The second-order valence-corrected chi connectivity index (χ2v) is 5.26. The maximum Gasteiger partial charge on any atom is 0.251 e. The van der Waals surface area contributed by atoms with Crippen molar-refractivity contribution >= 4 is 11.6 Å². The molecule has 4 nitrogen and oxygen atoms in total. The Labute approximate surface area is 114 Å². The van der Waals surface area contributed by atoms with E-state index < -0.39 is 0 Å². The number of amides is 1. The third-order valence-electron chi connectivity index (χ3n) is 3.16. The van der Waals surface area contributed by atoms with E-state index in [1.54, 1.807) is 6.07 Å². The summed E-state index contributed by atoms with van der Waals surface area (Å²) in [5.41, 5.74) is 7.97. The molecule has 0 saturated heterocycles. The predicted molar refractivity (Wildman–Crippen MR) is 76.1 cm³/mol. The highest BCUT2D eigenvalue weighted by molar-refractivity contribution is 5.95. The molecule has 19 heavy (non-hydrogen) atoms. The molecular formula is C15H22N2O2. The summed E-state index contributed by atoms with van der Waals surface area (Å²) in [6, 6.07) is 5.39. The highest BCUT2D eigenvalue weighted by atomic mass is 16.5. The van der Waals surface area contributed by atoms with Crippen molar-refractivity contribution in [2.24, 2.45) is 5.92 Å². The quantitative estimate of drug-likeness (QED) is 0.584. The Balaban J connectivity index is 1.65. The molecule has 0 spiro atoms. The average molecular weight is 262 g/mol. The molecule has 0 atom stereocenters. The average Bonchev–Trinajstić information content (AvgIpc) is 3.16. The summed E-state index contributed by atoms with van der Waals surface area (Å²) in [6.07, 6.45) is 3.47. The van der Waals surface area contributed by atoms with Crippen molar-refractivity contribution in [2.45, 2.75) is 26.2 Å². The van der Waals surface area contributed by atoms with Crippen molar-refractivity contribution in [3.8, 4) is 0 Å². The van der Waals surface area contributed by atoms with Crippen molar-refractivity contribution in [1.29, 1.82) is 0 Å². The maximum absolute atomic E-state index is 11.9. The van der Waals surface area contributed by atoms with Gasteiger partial charge in [-0.05, 0) is 55.9 Å². The molecule has 1 aromatic carbocycles. The van der Waals surface area contributed by atoms with E-state index in [4.69, 9.17) is 10.5 Å². The number of anilines is 1. The largest absolute Gasteiger partial charge is 0.399 e. The molecule has 0 bridgehead atoms. The third-order valence-corrected chi connectivity index (χ3v) is 3.16. The second-order valence-electron chi connectivity index (χ2n) is 5.26. The zero-order valence-corrected chi connectivity index (χ0v) is 11.4. The number of nitrogens with two attached hydrogens (primary N) is 1. The van der Waals surface area contributed by atoms with Gasteiger partial charge in [-0.2, -0.15) is 0 Å². The number of nitrogens with one attached hydrogen (secondary N) is 1. The van der Waals surface area contributed by atoms with Crippen molar-refractivity contribution in [2.75, 3.05) is 25.5 Å². The SMILES string of the molecule is Cc1cc(N)cc(C(=O)NCCCOCC2CC2)c1. The Morgan fingerprint density at radius 3 is 2.89 bits per heavy atom. The lowest BCUT2D eigenvalue weighted by Crippen LogP contribution is -2.25. The molecule has 1 aliphatic rings. The molecule has 104 valence electrons. The zero-order chi connectivity index (χ0) is 13.7. The van der Waals surface area contributed by atoms with Crippen molar-refractivity contribution in [3.63, 3.8) is 0 Å². The van der Waals surface area contributed by atoms with Crippen LogP contribution in [0.1, 0.15) is 35.2 Å². The van der Waals surface area contributed by atoms with Crippen LogP contribution in [0, 0.1) is 12.8 Å². The van der Waals surface area contributed by atoms with Crippen LogP contribution in [-0.4, -0.2) is 25.7 Å². The molecular weight excluding hydrogens is 240 g/mol. The molecule has 2 rings (SSSR count). The molecule has 1 aromatic rings. The maximum atomic E-state index is 11.9. The van der Waals surface area contributed by atoms with Gasteiger partial charge >= 0.3 is 0 Å². The van der Waals surface area contributed by atoms with Gasteiger partial charge in [0.1, 0.15) is 0 Å². The van der Waals surface area contributed by atoms with Crippen LogP contribution in [0.3, 0.4) is 0 Å². The highest BCUT2D eigenvalue weighted by Crippen LogP contribution is 2.28. The molecule has 0 unspecified atom stereocenters. The lowest BCUT2D eigenvalue weighted by molar-refractivity contribution is 0.0937. The predicted octanol–water partition coefficient (Wildman–Crippen LogP) is 2.12. The van der Waals surface area contributed by atoms with E-state index >= 15 is 0 Å². The summed E-state index contributed by atoms with van der Waals surface area (Å²) in [5.74, 6) is 0.724. The van der Waals surface area contributed by atoms with Gasteiger partial charge in [-0.1, -0.05) is 0 Å². The van der Waals surface area contributed by atoms with E-state index in [0.717, 1.165) is 24.5 Å². The van der Waals surface area contributed by atoms with Crippen LogP contribution in [-0.2, 0) is 4.74 Å². The first-order valence-electron chi connectivity index (χ1n) is 6.88. The number of rotatable bonds is 7. The molecule has 1 fully saturated rings. The van der Waals surface area contributed by atoms with E-state index in [0.29, 0.717) is 24.4 Å². The number of ether oxygens (including phenoxy) is 1. The summed E-state index contributed by atoms with van der Waals surface area (Å²) in [6.45, 7) is 4.16. The van der Waals surface area contributed by atoms with Crippen LogP contribution >= 0.6 is 0 Å². The van der Waals surface area contributed by atoms with Crippen LogP contribution < -0.4 is 11.1 Å². The smallest absolute Gasteiger partial charge is 0.251 e. The summed E-state index contributed by atoms with van der Waals surface area (Å²) in [4.78, 5) is 11.9. The first-order chi connectivity index (χ1) is 9.15. The van der Waals surface area contributed by atoms with Gasteiger partial charge in [0.15, 0.2) is 0 Å². The van der Waals surface area contributed by atoms with Gasteiger partial charge in [-0.3, -0.25) is 4.79 Å². The van der Waals surface area contributed by atoms with Crippen LogP contribution in [0.5, 0.6) is 0 Å². The lowest BCUT2D eigenvalue weighted by Gasteiger charge is -2.07. The van der Waals surface area contributed by atoms with E-state index in [-0.39, 0.29) is 5.91 Å². The first-order valence-corrected chi connectivity index (χ1v) is 6.88. The van der Waals surface area contributed by atoms with Gasteiger partial charge in [0, 0.05) is 31.0 Å². The summed E-state index contributed by atoms with van der Waals surface area (Å²) >= 11 is 0. The Hall–Kier alpha value is -1.55. The molecule has 0 radical (unpaired) electrons. The Morgan fingerprint density at radius 1 is 1.42 bits per heavy atom. The standard InChI is InChI=1S/C15H22N2O2/c1-11-7-13(9-14(16)8-11)15(18)17-5-2-6-19-10-12-3-4-12/h7-9,12H,2-6,10,16H2,1H3,(H,17,18). The minimum Gasteiger partial charge on any atom is -0.399 e. The van der Waals surface area contributed by atoms with Crippen LogP contribution in [0.2, 0.25) is 0 Å². The summed E-state index contributed by atoms with van der Waals surface area (Å²) in [5, 5.41) is 2.88. The first kappa shape index (κ1) is 13.9. The molecule has 1 amide bonds. The number of hydrogen-bond acceptors (Lipinski definition) is 3. The second kappa shape index (κ2) is 6.57. The normalized spacial score (nSPS) is 14.4. The van der Waals surface area contributed by atoms with Crippen LogP contribution in [0.25, 0.3) is 0 Å². The van der Waals surface area contributed by atoms with Crippen LogP contribution in [0.15, 0.2) is 18.2 Å². The summed E-state index contributed by atoms with van der Waals surface area (Å²) < 4.78 is 5.51. The van der Waals surface area contributed by atoms with Gasteiger partial charge in [-0.25, -0.2) is 0 Å². The van der Waals surface area contributed by atoms with Crippen molar-refractivity contribution in [1.82, 2.24) is 5.32 Å². The third kappa shape index (κ3) is 4.91. The van der Waals surface area contributed by atoms with E-state index in [9.17, 15) is 4.79 Å². The monoisotopic (exact) mass is 262 g/mol. The van der Waals surface area contributed by atoms with Crippen molar-refractivity contribution < 1.29 is 9.53 Å². The fraction of sp³-hybridized carbons (Fsp3) is 0.533. The molecule has 1 saturated carbocycles. The fourth-order valence-corrected chi connectivity index (χ4v) is 1.96. The van der Waals surface area contributed by atoms with E-state index in [1.807, 2.05) is 19.1 Å². The zero-order valence-electron chi connectivity index (χ0n) is 11.4. The van der Waals surface area contributed by atoms with Gasteiger partial charge in [0.2, 0.25) is 0 Å².